The van der Waals surface area contributed by atoms with E-state index in [-0.39, 0.29) is 0 Å². The highest BCUT2D eigenvalue weighted by Gasteiger charge is 2.22. The topological polar surface area (TPSA) is 43.9 Å². The van der Waals surface area contributed by atoms with Gasteiger partial charge >= 0.3 is 0 Å². The second-order valence-electron chi connectivity index (χ2n) is 9.83. The zero-order valence-corrected chi connectivity index (χ0v) is 21.4. The number of fused-ring (bicyclic) bond motifs is 9. The highest BCUT2D eigenvalue weighted by atomic mass is 32.1. The van der Waals surface area contributed by atoms with Crippen LogP contribution in [0.4, 0.5) is 0 Å². The Bertz CT molecular complexity index is 2400. The van der Waals surface area contributed by atoms with E-state index in [0.717, 1.165) is 38.9 Å². The summed E-state index contributed by atoms with van der Waals surface area (Å²) in [7, 11) is 0. The first kappa shape index (κ1) is 21.0. The summed E-state index contributed by atoms with van der Waals surface area (Å²) < 4.78 is 11.3. The SMILES string of the molecule is c1ccc(-c2nc(-n3c4ccccc4c4cc5sc6ccccc6c5cc43)c3oc4ccccc4c3n2)cc1. The number of furan rings is 1. The van der Waals surface area contributed by atoms with Crippen molar-refractivity contribution in [3.05, 3.63) is 115 Å². The van der Waals surface area contributed by atoms with Crippen LogP contribution in [-0.2, 0) is 0 Å². The maximum atomic E-state index is 6.50. The van der Waals surface area contributed by atoms with Crippen LogP contribution in [0.15, 0.2) is 120 Å². The van der Waals surface area contributed by atoms with Gasteiger partial charge in [-0.3, -0.25) is 4.57 Å². The van der Waals surface area contributed by atoms with Crippen molar-refractivity contribution in [2.24, 2.45) is 0 Å². The molecule has 0 aliphatic carbocycles. The first-order chi connectivity index (χ1) is 19.3. The fraction of sp³-hybridized carbons (Fsp3) is 0. The molecule has 4 nitrogen and oxygen atoms in total. The molecule has 9 aromatic rings. The molecular formula is C34H19N3OS. The van der Waals surface area contributed by atoms with E-state index < -0.39 is 0 Å². The molecule has 0 radical (unpaired) electrons. The van der Waals surface area contributed by atoms with Gasteiger partial charge in [0.1, 0.15) is 11.1 Å². The Balaban J connectivity index is 1.48. The Hall–Kier alpha value is -5.00. The largest absolute Gasteiger partial charge is 0.450 e. The van der Waals surface area contributed by atoms with Crippen molar-refractivity contribution in [2.75, 3.05) is 0 Å². The Morgan fingerprint density at radius 1 is 0.564 bits per heavy atom. The summed E-state index contributed by atoms with van der Waals surface area (Å²) in [5, 5.41) is 5.91. The van der Waals surface area contributed by atoms with E-state index in [0.29, 0.717) is 11.4 Å². The third-order valence-electron chi connectivity index (χ3n) is 7.62. The lowest BCUT2D eigenvalue weighted by atomic mass is 10.1. The van der Waals surface area contributed by atoms with Crippen molar-refractivity contribution in [3.8, 4) is 17.2 Å². The third kappa shape index (κ3) is 2.93. The maximum absolute atomic E-state index is 6.50. The minimum Gasteiger partial charge on any atom is -0.450 e. The van der Waals surface area contributed by atoms with Crippen LogP contribution in [-0.4, -0.2) is 14.5 Å². The van der Waals surface area contributed by atoms with Crippen LogP contribution in [0.1, 0.15) is 0 Å². The molecular weight excluding hydrogens is 498 g/mol. The number of hydrogen-bond acceptors (Lipinski definition) is 4. The molecule has 0 saturated carbocycles. The molecule has 5 heteroatoms. The van der Waals surface area contributed by atoms with Crippen LogP contribution in [0.25, 0.3) is 81.3 Å². The molecule has 0 aliphatic rings. The Labute approximate surface area is 226 Å². The molecule has 182 valence electrons. The lowest BCUT2D eigenvalue weighted by molar-refractivity contribution is 0.662. The van der Waals surface area contributed by atoms with Gasteiger partial charge in [0.25, 0.3) is 0 Å². The molecule has 0 atom stereocenters. The van der Waals surface area contributed by atoms with E-state index in [1.54, 1.807) is 0 Å². The zero-order chi connectivity index (χ0) is 25.5. The number of para-hydroxylation sites is 2. The van der Waals surface area contributed by atoms with Crippen molar-refractivity contribution < 1.29 is 4.42 Å². The summed E-state index contributed by atoms with van der Waals surface area (Å²) in [4.78, 5) is 10.2. The van der Waals surface area contributed by atoms with E-state index in [2.05, 4.69) is 83.4 Å². The molecule has 0 aliphatic heterocycles. The van der Waals surface area contributed by atoms with E-state index in [1.807, 2.05) is 47.7 Å². The first-order valence-electron chi connectivity index (χ1n) is 12.9. The van der Waals surface area contributed by atoms with Gasteiger partial charge in [-0.25, -0.2) is 9.97 Å². The lowest BCUT2D eigenvalue weighted by Crippen LogP contribution is -2.01. The molecule has 5 aromatic carbocycles. The molecule has 0 unspecified atom stereocenters. The summed E-state index contributed by atoms with van der Waals surface area (Å²) >= 11 is 1.84. The number of hydrogen-bond donors (Lipinski definition) is 0. The van der Waals surface area contributed by atoms with Gasteiger partial charge in [-0.15, -0.1) is 11.3 Å². The van der Waals surface area contributed by atoms with Crippen LogP contribution < -0.4 is 0 Å². The van der Waals surface area contributed by atoms with Gasteiger partial charge in [-0.1, -0.05) is 78.9 Å². The molecule has 9 rings (SSSR count). The van der Waals surface area contributed by atoms with Crippen molar-refractivity contribution >= 4 is 75.4 Å². The highest BCUT2D eigenvalue weighted by Crippen LogP contribution is 2.42. The summed E-state index contributed by atoms with van der Waals surface area (Å²) in [5.41, 5.74) is 5.48. The fourth-order valence-corrected chi connectivity index (χ4v) is 6.99. The molecule has 0 amide bonds. The summed E-state index contributed by atoms with van der Waals surface area (Å²) in [6.45, 7) is 0. The maximum Gasteiger partial charge on any atom is 0.197 e. The van der Waals surface area contributed by atoms with Crippen molar-refractivity contribution in [1.82, 2.24) is 14.5 Å². The van der Waals surface area contributed by atoms with E-state index >= 15 is 0 Å². The van der Waals surface area contributed by atoms with Crippen molar-refractivity contribution in [3.63, 3.8) is 0 Å². The van der Waals surface area contributed by atoms with Crippen molar-refractivity contribution in [1.29, 1.82) is 0 Å². The van der Waals surface area contributed by atoms with Crippen LogP contribution in [0.2, 0.25) is 0 Å². The first-order valence-corrected chi connectivity index (χ1v) is 13.7. The van der Waals surface area contributed by atoms with Crippen molar-refractivity contribution in [2.45, 2.75) is 0 Å². The van der Waals surface area contributed by atoms with Gasteiger partial charge < -0.3 is 4.42 Å². The van der Waals surface area contributed by atoms with Gasteiger partial charge in [0.15, 0.2) is 17.2 Å². The van der Waals surface area contributed by atoms with Gasteiger partial charge in [-0.05, 0) is 36.4 Å². The van der Waals surface area contributed by atoms with E-state index in [1.165, 1.54) is 30.9 Å². The van der Waals surface area contributed by atoms with Gasteiger partial charge in [0.05, 0.1) is 11.0 Å². The smallest absolute Gasteiger partial charge is 0.197 e. The second-order valence-corrected chi connectivity index (χ2v) is 10.9. The molecule has 0 bridgehead atoms. The minimum absolute atomic E-state index is 0.678. The number of rotatable bonds is 2. The number of aromatic nitrogens is 3. The Morgan fingerprint density at radius 3 is 2.21 bits per heavy atom. The van der Waals surface area contributed by atoms with Crippen LogP contribution in [0, 0.1) is 0 Å². The standard InChI is InChI=1S/C34H19N3OS/c1-2-10-20(11-3-1)33-35-31-23-14-5-8-16-28(23)38-32(31)34(36-33)37-26-15-7-4-12-21(26)24-19-30-25(18-27(24)37)22-13-6-9-17-29(22)39-30/h1-19H. The molecule has 0 spiro atoms. The zero-order valence-electron chi connectivity index (χ0n) is 20.6. The molecule has 0 N–H and O–H groups in total. The summed E-state index contributed by atoms with van der Waals surface area (Å²) in [5.74, 6) is 1.43. The number of nitrogens with zero attached hydrogens (tertiary/aromatic N) is 3. The normalized spacial score (nSPS) is 12.1. The number of benzene rings is 5. The molecule has 0 saturated heterocycles. The van der Waals surface area contributed by atoms with Gasteiger partial charge in [0.2, 0.25) is 0 Å². The van der Waals surface area contributed by atoms with Crippen LogP contribution in [0.3, 0.4) is 0 Å². The van der Waals surface area contributed by atoms with Gasteiger partial charge in [0, 0.05) is 41.9 Å². The van der Waals surface area contributed by atoms with Gasteiger partial charge in [-0.2, -0.15) is 0 Å². The predicted molar refractivity (Wildman–Crippen MR) is 162 cm³/mol. The minimum atomic E-state index is 0.678. The molecule has 4 heterocycles. The van der Waals surface area contributed by atoms with E-state index in [4.69, 9.17) is 14.4 Å². The third-order valence-corrected chi connectivity index (χ3v) is 8.75. The Kier molecular flexibility index (Phi) is 4.18. The molecule has 4 aromatic heterocycles. The quantitative estimate of drug-likeness (QED) is 0.229. The van der Waals surface area contributed by atoms with Crippen LogP contribution in [0.5, 0.6) is 0 Å². The fourth-order valence-electron chi connectivity index (χ4n) is 5.86. The lowest BCUT2D eigenvalue weighted by Gasteiger charge is -2.10. The molecule has 39 heavy (non-hydrogen) atoms. The Morgan fingerprint density at radius 2 is 1.31 bits per heavy atom. The average molecular weight is 518 g/mol. The predicted octanol–water partition coefficient (Wildman–Crippen LogP) is 9.51. The van der Waals surface area contributed by atoms with Crippen LogP contribution >= 0.6 is 11.3 Å². The monoisotopic (exact) mass is 517 g/mol. The highest BCUT2D eigenvalue weighted by molar-refractivity contribution is 7.25. The summed E-state index contributed by atoms with van der Waals surface area (Å²) in [6.07, 6.45) is 0. The van der Waals surface area contributed by atoms with E-state index in [9.17, 15) is 0 Å². The number of thiophene rings is 1. The summed E-state index contributed by atoms with van der Waals surface area (Å²) in [6, 6.07) is 40.1. The molecule has 0 fully saturated rings. The second kappa shape index (κ2) is 7.76. The average Bonchev–Trinajstić information content (AvgIpc) is 3.65.